The fourth-order valence-corrected chi connectivity index (χ4v) is 0.176. The molecule has 0 atom stereocenters. The van der Waals surface area contributed by atoms with E-state index in [1.807, 2.05) is 0 Å². The van der Waals surface area contributed by atoms with Gasteiger partial charge in [-0.3, -0.25) is 0 Å². The standard InChI is InChI=1S/C3H3NO.C2H4O3S.Na/c1-2-5-3-4-1;1-2-6(3,4)5;/h1-3H;2H,1H2,(H,3,4,5);/q;;+1/p-1. The third kappa shape index (κ3) is 12.5. The molecule has 62 valence electrons. The number of rotatable bonds is 1. The Kier molecular flexibility index (Phi) is 9.00. The Morgan fingerprint density at radius 2 is 2.08 bits per heavy atom. The fourth-order valence-electron chi connectivity index (χ4n) is 0.176. The molecule has 1 aromatic rings. The molecular weight excluding hydrogens is 193 g/mol. The normalized spacial score (nSPS) is 8.75. The summed E-state index contributed by atoms with van der Waals surface area (Å²) in [5.41, 5.74) is 0. The van der Waals surface area contributed by atoms with Crippen LogP contribution in [0.25, 0.3) is 0 Å². The summed E-state index contributed by atoms with van der Waals surface area (Å²) in [7, 11) is -4.15. The zero-order chi connectivity index (χ0) is 8.74. The van der Waals surface area contributed by atoms with Gasteiger partial charge in [-0.2, -0.15) is 0 Å². The Bertz CT molecular complexity index is 252. The van der Waals surface area contributed by atoms with Crippen molar-refractivity contribution in [1.29, 1.82) is 0 Å². The van der Waals surface area contributed by atoms with Crippen molar-refractivity contribution in [3.63, 3.8) is 0 Å². The number of aromatic nitrogens is 1. The van der Waals surface area contributed by atoms with E-state index in [-0.39, 0.29) is 29.6 Å². The Balaban J connectivity index is 0. The van der Waals surface area contributed by atoms with Gasteiger partial charge >= 0.3 is 29.6 Å². The van der Waals surface area contributed by atoms with Gasteiger partial charge in [0, 0.05) is 5.41 Å². The first-order chi connectivity index (χ1) is 5.06. The summed E-state index contributed by atoms with van der Waals surface area (Å²) in [6.07, 6.45) is 4.47. The molecule has 0 aliphatic rings. The van der Waals surface area contributed by atoms with Crippen LogP contribution in [0.5, 0.6) is 0 Å². The van der Waals surface area contributed by atoms with E-state index in [1.54, 1.807) is 6.20 Å². The third-order valence-corrected chi connectivity index (χ3v) is 0.960. The Morgan fingerprint density at radius 3 is 2.17 bits per heavy atom. The third-order valence-electron chi connectivity index (χ3n) is 0.551. The van der Waals surface area contributed by atoms with Crippen LogP contribution in [0, 0.1) is 0 Å². The van der Waals surface area contributed by atoms with Crippen LogP contribution >= 0.6 is 0 Å². The van der Waals surface area contributed by atoms with Crippen LogP contribution in [0.4, 0.5) is 0 Å². The van der Waals surface area contributed by atoms with Crippen LogP contribution in [0.3, 0.4) is 0 Å². The molecule has 0 bridgehead atoms. The van der Waals surface area contributed by atoms with Crippen molar-refractivity contribution in [2.45, 2.75) is 0 Å². The molecule has 1 heterocycles. The monoisotopic (exact) mass is 199 g/mol. The zero-order valence-electron chi connectivity index (χ0n) is 6.50. The van der Waals surface area contributed by atoms with Gasteiger partial charge in [0.2, 0.25) is 0 Å². The number of oxazole rings is 1. The molecule has 12 heavy (non-hydrogen) atoms. The molecule has 0 aliphatic carbocycles. The molecule has 1 rings (SSSR count). The molecule has 0 saturated carbocycles. The second kappa shape index (κ2) is 7.51. The second-order valence-electron chi connectivity index (χ2n) is 1.34. The smallest absolute Gasteiger partial charge is 0.745 e. The topological polar surface area (TPSA) is 83.2 Å². The summed E-state index contributed by atoms with van der Waals surface area (Å²) >= 11 is 0. The maximum atomic E-state index is 9.33. The van der Waals surface area contributed by atoms with Crippen LogP contribution in [0.1, 0.15) is 0 Å². The number of nitrogens with zero attached hydrogens (tertiary/aromatic N) is 1. The van der Waals surface area contributed by atoms with Crippen LogP contribution in [-0.4, -0.2) is 18.0 Å². The van der Waals surface area contributed by atoms with Crippen LogP contribution in [0.15, 0.2) is 35.3 Å². The molecule has 0 N–H and O–H groups in total. The minimum absolute atomic E-state index is 0. The largest absolute Gasteiger partial charge is 1.00 e. The van der Waals surface area contributed by atoms with Crippen molar-refractivity contribution in [2.75, 3.05) is 0 Å². The molecule has 0 fully saturated rings. The Hall–Kier alpha value is -0.140. The molecule has 0 radical (unpaired) electrons. The van der Waals surface area contributed by atoms with Crippen LogP contribution < -0.4 is 29.6 Å². The summed E-state index contributed by atoms with van der Waals surface area (Å²) < 4.78 is 32.5. The van der Waals surface area contributed by atoms with Gasteiger partial charge in [0.25, 0.3) is 0 Å². The van der Waals surface area contributed by atoms with Crippen molar-refractivity contribution >= 4 is 10.1 Å². The van der Waals surface area contributed by atoms with E-state index in [0.717, 1.165) is 0 Å². The van der Waals surface area contributed by atoms with Gasteiger partial charge in [0.1, 0.15) is 16.4 Å². The van der Waals surface area contributed by atoms with E-state index in [9.17, 15) is 13.0 Å². The number of hydrogen-bond donors (Lipinski definition) is 0. The maximum absolute atomic E-state index is 9.33. The summed E-state index contributed by atoms with van der Waals surface area (Å²) in [6, 6.07) is 0. The van der Waals surface area contributed by atoms with Crippen LogP contribution in [-0.2, 0) is 10.1 Å². The van der Waals surface area contributed by atoms with Crippen molar-refractivity contribution in [1.82, 2.24) is 4.98 Å². The molecule has 0 unspecified atom stereocenters. The molecule has 0 aliphatic heterocycles. The van der Waals surface area contributed by atoms with Crippen molar-refractivity contribution in [3.8, 4) is 0 Å². The zero-order valence-corrected chi connectivity index (χ0v) is 9.32. The van der Waals surface area contributed by atoms with E-state index in [2.05, 4.69) is 16.0 Å². The van der Waals surface area contributed by atoms with E-state index in [0.29, 0.717) is 5.41 Å². The van der Waals surface area contributed by atoms with Gasteiger partial charge in [-0.15, -0.1) is 0 Å². The van der Waals surface area contributed by atoms with Crippen molar-refractivity contribution < 1.29 is 46.9 Å². The summed E-state index contributed by atoms with van der Waals surface area (Å²) in [4.78, 5) is 3.56. The SMILES string of the molecule is C=CS(=O)(=O)[O-].[Na+].c1cocn1. The van der Waals surface area contributed by atoms with E-state index >= 15 is 0 Å². The van der Waals surface area contributed by atoms with Gasteiger partial charge in [0.05, 0.1) is 6.20 Å². The summed E-state index contributed by atoms with van der Waals surface area (Å²) in [5.74, 6) is 0. The molecule has 0 saturated heterocycles. The van der Waals surface area contributed by atoms with Gasteiger partial charge in [-0.05, 0) is 0 Å². The minimum atomic E-state index is -4.15. The molecule has 5 nitrogen and oxygen atoms in total. The predicted molar refractivity (Wildman–Crippen MR) is 36.4 cm³/mol. The first kappa shape index (κ1) is 14.4. The predicted octanol–water partition coefficient (Wildman–Crippen LogP) is -2.65. The van der Waals surface area contributed by atoms with Gasteiger partial charge < -0.3 is 8.97 Å². The Morgan fingerprint density at radius 1 is 1.58 bits per heavy atom. The maximum Gasteiger partial charge on any atom is 1.00 e. The molecule has 0 amide bonds. The minimum Gasteiger partial charge on any atom is -0.745 e. The fraction of sp³-hybridized carbons (Fsp3) is 0. The van der Waals surface area contributed by atoms with Crippen molar-refractivity contribution in [3.05, 3.63) is 30.8 Å². The van der Waals surface area contributed by atoms with Gasteiger partial charge in [-0.25, -0.2) is 13.4 Å². The Labute approximate surface area is 92.5 Å². The van der Waals surface area contributed by atoms with Crippen molar-refractivity contribution in [2.24, 2.45) is 0 Å². The van der Waals surface area contributed by atoms with E-state index in [1.165, 1.54) is 12.7 Å². The number of hydrogen-bond acceptors (Lipinski definition) is 5. The van der Waals surface area contributed by atoms with Gasteiger partial charge in [-0.1, -0.05) is 6.58 Å². The molecular formula is C5H6NNaO4S. The molecule has 7 heteroatoms. The molecule has 1 aromatic heterocycles. The van der Waals surface area contributed by atoms with Gasteiger partial charge in [0.15, 0.2) is 6.39 Å². The van der Waals surface area contributed by atoms with Crippen LogP contribution in [0.2, 0.25) is 0 Å². The average molecular weight is 199 g/mol. The first-order valence-electron chi connectivity index (χ1n) is 2.47. The van der Waals surface area contributed by atoms with E-state index < -0.39 is 10.1 Å². The summed E-state index contributed by atoms with van der Waals surface area (Å²) in [6.45, 7) is 2.73. The second-order valence-corrected chi connectivity index (χ2v) is 2.65. The molecule has 0 aromatic carbocycles. The molecule has 0 spiro atoms. The summed E-state index contributed by atoms with van der Waals surface area (Å²) in [5, 5.41) is 0.354. The quantitative estimate of drug-likeness (QED) is 0.364. The van der Waals surface area contributed by atoms with E-state index in [4.69, 9.17) is 0 Å². The first-order valence-corrected chi connectivity index (χ1v) is 3.94. The average Bonchev–Trinajstić information content (AvgIpc) is 2.41.